The van der Waals surface area contributed by atoms with E-state index in [-0.39, 0.29) is 5.78 Å². The van der Waals surface area contributed by atoms with Crippen molar-refractivity contribution in [1.82, 2.24) is 24.8 Å². The number of carbonyl (C=O) groups is 1. The average Bonchev–Trinajstić information content (AvgIpc) is 3.20. The number of nitrogens with zero attached hydrogens (tertiary/aromatic N) is 4. The maximum Gasteiger partial charge on any atom is 0.208 e. The number of carbonyl (C=O) groups excluding carboxylic acids is 1. The predicted octanol–water partition coefficient (Wildman–Crippen LogP) is 5.30. The van der Waals surface area contributed by atoms with Crippen LogP contribution < -0.4 is 15.4 Å². The lowest BCUT2D eigenvalue weighted by molar-refractivity contribution is -0.119. The highest BCUT2D eigenvalue weighted by atomic mass is 35.5. The van der Waals surface area contributed by atoms with Crippen molar-refractivity contribution in [3.8, 4) is 11.5 Å². The van der Waals surface area contributed by atoms with E-state index in [0.717, 1.165) is 59.4 Å². The smallest absolute Gasteiger partial charge is 0.208 e. The Morgan fingerprint density at radius 1 is 1.11 bits per heavy atom. The van der Waals surface area contributed by atoms with Crippen LogP contribution in [0.4, 0.5) is 11.6 Å². The van der Waals surface area contributed by atoms with Crippen molar-refractivity contribution in [2.45, 2.75) is 26.2 Å². The van der Waals surface area contributed by atoms with Crippen LogP contribution in [0.2, 0.25) is 5.02 Å². The molecule has 0 aliphatic carbocycles. The minimum atomic E-state index is 0.160. The Balaban J connectivity index is 1.28. The van der Waals surface area contributed by atoms with Gasteiger partial charge in [-0.2, -0.15) is 0 Å². The molecule has 3 heterocycles. The number of ketones is 1. The standard InChI is InChI=1S/C29H33ClN6O2/c1-19(2)25-16-20(4-6-26(25)30)33-29-34-27-17-23(5-7-28(27)35(29)3)38-24-8-9-32-21(15-24)14-22(37)18-36-12-10-31-11-13-36/h4-9,15-17,19,31H,10-14,18H2,1-3H3,(H,33,34). The second-order valence-electron chi connectivity index (χ2n) is 9.99. The maximum absolute atomic E-state index is 12.6. The van der Waals surface area contributed by atoms with Crippen LogP contribution in [0.25, 0.3) is 11.0 Å². The maximum atomic E-state index is 12.6. The van der Waals surface area contributed by atoms with Crippen molar-refractivity contribution in [3.63, 3.8) is 0 Å². The lowest BCUT2D eigenvalue weighted by Crippen LogP contribution is -2.45. The molecule has 2 aromatic carbocycles. The van der Waals surface area contributed by atoms with Crippen LogP contribution in [0.3, 0.4) is 0 Å². The van der Waals surface area contributed by atoms with Gasteiger partial charge in [0.2, 0.25) is 5.95 Å². The zero-order valence-electron chi connectivity index (χ0n) is 22.0. The summed E-state index contributed by atoms with van der Waals surface area (Å²) in [4.78, 5) is 23.9. The molecule has 0 amide bonds. The fourth-order valence-corrected chi connectivity index (χ4v) is 5.01. The van der Waals surface area contributed by atoms with Crippen molar-refractivity contribution < 1.29 is 9.53 Å². The predicted molar refractivity (Wildman–Crippen MR) is 152 cm³/mol. The zero-order valence-corrected chi connectivity index (χ0v) is 22.8. The zero-order chi connectivity index (χ0) is 26.6. The molecule has 38 heavy (non-hydrogen) atoms. The highest BCUT2D eigenvalue weighted by Crippen LogP contribution is 2.31. The third kappa shape index (κ3) is 6.15. The summed E-state index contributed by atoms with van der Waals surface area (Å²) < 4.78 is 8.14. The van der Waals surface area contributed by atoms with Gasteiger partial charge in [0, 0.05) is 62.3 Å². The molecule has 1 aliphatic heterocycles. The van der Waals surface area contributed by atoms with Crippen molar-refractivity contribution in [2.75, 3.05) is 38.0 Å². The molecular weight excluding hydrogens is 500 g/mol. The van der Waals surface area contributed by atoms with Crippen LogP contribution in [0, 0.1) is 0 Å². The molecule has 0 atom stereocenters. The molecule has 0 saturated carbocycles. The Kier molecular flexibility index (Phi) is 7.93. The number of aromatic nitrogens is 3. The monoisotopic (exact) mass is 532 g/mol. The van der Waals surface area contributed by atoms with Gasteiger partial charge in [-0.1, -0.05) is 25.4 Å². The number of fused-ring (bicyclic) bond motifs is 1. The van der Waals surface area contributed by atoms with Gasteiger partial charge in [0.15, 0.2) is 5.78 Å². The number of rotatable bonds is 9. The lowest BCUT2D eigenvalue weighted by atomic mass is 10.0. The van der Waals surface area contributed by atoms with E-state index < -0.39 is 0 Å². The number of benzene rings is 2. The van der Waals surface area contributed by atoms with E-state index in [1.54, 1.807) is 12.3 Å². The van der Waals surface area contributed by atoms with E-state index in [4.69, 9.17) is 21.3 Å². The highest BCUT2D eigenvalue weighted by Gasteiger charge is 2.15. The minimum Gasteiger partial charge on any atom is -0.457 e. The highest BCUT2D eigenvalue weighted by molar-refractivity contribution is 6.31. The van der Waals surface area contributed by atoms with Crippen molar-refractivity contribution in [3.05, 3.63) is 71.0 Å². The molecule has 0 radical (unpaired) electrons. The second kappa shape index (κ2) is 11.5. The molecule has 198 valence electrons. The lowest BCUT2D eigenvalue weighted by Gasteiger charge is -2.26. The van der Waals surface area contributed by atoms with Gasteiger partial charge < -0.3 is 19.9 Å². The van der Waals surface area contributed by atoms with E-state index in [0.29, 0.717) is 36.1 Å². The summed E-state index contributed by atoms with van der Waals surface area (Å²) in [5.41, 5.74) is 4.52. The first kappa shape index (κ1) is 26.2. The van der Waals surface area contributed by atoms with Gasteiger partial charge in [-0.25, -0.2) is 4.98 Å². The molecular formula is C29H33ClN6O2. The van der Waals surface area contributed by atoms with Crippen molar-refractivity contribution in [1.29, 1.82) is 0 Å². The second-order valence-corrected chi connectivity index (χ2v) is 10.4. The van der Waals surface area contributed by atoms with Gasteiger partial charge >= 0.3 is 0 Å². The molecule has 0 spiro atoms. The van der Waals surface area contributed by atoms with E-state index in [1.165, 1.54) is 0 Å². The quantitative estimate of drug-likeness (QED) is 0.302. The number of nitrogens with one attached hydrogen (secondary N) is 2. The molecule has 1 fully saturated rings. The SMILES string of the molecule is CC(C)c1cc(Nc2nc3cc(Oc4ccnc(CC(=O)CN5CCNCC5)c4)ccc3n2C)ccc1Cl. The summed E-state index contributed by atoms with van der Waals surface area (Å²) >= 11 is 6.36. The topological polar surface area (TPSA) is 84.3 Å². The van der Waals surface area contributed by atoms with E-state index in [1.807, 2.05) is 48.0 Å². The van der Waals surface area contributed by atoms with Gasteiger partial charge in [-0.3, -0.25) is 14.7 Å². The fourth-order valence-electron chi connectivity index (χ4n) is 4.68. The van der Waals surface area contributed by atoms with Crippen LogP contribution in [0.1, 0.15) is 31.0 Å². The summed E-state index contributed by atoms with van der Waals surface area (Å²) in [5.74, 6) is 2.51. The number of Topliss-reactive ketones (excluding diaryl/α,β-unsaturated/α-hetero) is 1. The summed E-state index contributed by atoms with van der Waals surface area (Å²) in [6.45, 7) is 8.34. The van der Waals surface area contributed by atoms with Crippen molar-refractivity contribution in [2.24, 2.45) is 7.05 Å². The number of halogens is 1. The number of hydrogen-bond donors (Lipinski definition) is 2. The first-order valence-corrected chi connectivity index (χ1v) is 13.3. The van der Waals surface area contributed by atoms with Gasteiger partial charge in [0.1, 0.15) is 11.5 Å². The molecule has 9 heteroatoms. The number of piperazine rings is 1. The van der Waals surface area contributed by atoms with Crippen LogP contribution in [0.5, 0.6) is 11.5 Å². The Bertz CT molecular complexity index is 1440. The molecule has 0 bridgehead atoms. The number of hydrogen-bond acceptors (Lipinski definition) is 7. The van der Waals surface area contributed by atoms with Crippen LogP contribution >= 0.6 is 11.6 Å². The Morgan fingerprint density at radius 2 is 1.89 bits per heavy atom. The molecule has 8 nitrogen and oxygen atoms in total. The normalized spacial score (nSPS) is 14.2. The van der Waals surface area contributed by atoms with Crippen molar-refractivity contribution >= 4 is 40.1 Å². The number of imidazole rings is 1. The molecule has 5 rings (SSSR count). The number of pyridine rings is 1. The molecule has 0 unspecified atom stereocenters. The van der Waals surface area contributed by atoms with E-state index in [9.17, 15) is 4.79 Å². The summed E-state index contributed by atoms with van der Waals surface area (Å²) in [7, 11) is 1.98. The Morgan fingerprint density at radius 3 is 2.68 bits per heavy atom. The number of aryl methyl sites for hydroxylation is 1. The third-order valence-electron chi connectivity index (χ3n) is 6.74. The third-order valence-corrected chi connectivity index (χ3v) is 7.08. The van der Waals surface area contributed by atoms with Gasteiger partial charge in [0.05, 0.1) is 29.7 Å². The summed E-state index contributed by atoms with van der Waals surface area (Å²) in [6.07, 6.45) is 1.97. The first-order valence-electron chi connectivity index (χ1n) is 13.0. The average molecular weight is 533 g/mol. The Hall–Kier alpha value is -3.46. The molecule has 1 saturated heterocycles. The Labute approximate surface area is 228 Å². The van der Waals surface area contributed by atoms with Crippen LogP contribution in [-0.4, -0.2) is 57.9 Å². The summed E-state index contributed by atoms with van der Waals surface area (Å²) in [5, 5.41) is 7.48. The largest absolute Gasteiger partial charge is 0.457 e. The van der Waals surface area contributed by atoms with Crippen LogP contribution in [0.15, 0.2) is 54.7 Å². The van der Waals surface area contributed by atoms with E-state index in [2.05, 4.69) is 40.4 Å². The number of ether oxygens (including phenoxy) is 1. The minimum absolute atomic E-state index is 0.160. The molecule has 4 aromatic rings. The van der Waals surface area contributed by atoms with Gasteiger partial charge in [-0.05, 0) is 47.9 Å². The van der Waals surface area contributed by atoms with Gasteiger partial charge in [0.25, 0.3) is 0 Å². The number of anilines is 2. The van der Waals surface area contributed by atoms with E-state index >= 15 is 0 Å². The molecule has 2 N–H and O–H groups in total. The summed E-state index contributed by atoms with van der Waals surface area (Å²) in [6, 6.07) is 15.4. The van der Waals surface area contributed by atoms with Crippen LogP contribution in [-0.2, 0) is 18.3 Å². The first-order chi connectivity index (χ1) is 18.4. The van der Waals surface area contributed by atoms with Gasteiger partial charge in [-0.15, -0.1) is 0 Å². The molecule has 1 aliphatic rings. The fraction of sp³-hybridized carbons (Fsp3) is 0.345. The molecule has 2 aromatic heterocycles.